The van der Waals surface area contributed by atoms with Gasteiger partial charge >= 0.3 is 7.60 Å². The van der Waals surface area contributed by atoms with Crippen molar-refractivity contribution in [3.8, 4) is 11.1 Å². The maximum absolute atomic E-state index is 14.0. The highest BCUT2D eigenvalue weighted by Crippen LogP contribution is 2.69. The number of anilines is 1. The third-order valence-electron chi connectivity index (χ3n) is 4.24. The third kappa shape index (κ3) is 4.01. The zero-order valence-electron chi connectivity index (χ0n) is 16.4. The molecule has 0 aliphatic heterocycles. The molecule has 0 saturated carbocycles. The molecule has 1 N–H and O–H groups in total. The van der Waals surface area contributed by atoms with Crippen molar-refractivity contribution in [2.75, 3.05) is 5.32 Å². The minimum atomic E-state index is -3.51. The van der Waals surface area contributed by atoms with E-state index in [0.717, 1.165) is 22.3 Å². The van der Waals surface area contributed by atoms with Gasteiger partial charge in [0.2, 0.25) is 5.91 Å². The Morgan fingerprint density at radius 1 is 0.963 bits per heavy atom. The Morgan fingerprint density at radius 2 is 1.56 bits per heavy atom. The maximum Gasteiger partial charge on any atom is 0.343 e. The van der Waals surface area contributed by atoms with Crippen LogP contribution in [0.3, 0.4) is 0 Å². The van der Waals surface area contributed by atoms with Gasteiger partial charge < -0.3 is 14.4 Å². The van der Waals surface area contributed by atoms with Gasteiger partial charge in [-0.3, -0.25) is 9.36 Å². The summed E-state index contributed by atoms with van der Waals surface area (Å²) in [5, 5.41) is 2.80. The van der Waals surface area contributed by atoms with Gasteiger partial charge in [-0.2, -0.15) is 0 Å². The highest BCUT2D eigenvalue weighted by molar-refractivity contribution is 7.54. The first kappa shape index (κ1) is 19.8. The molecular formula is C21H26NO4P. The number of rotatable bonds is 6. The molecule has 3 rings (SSSR count). The smallest absolute Gasteiger partial charge is 0.326 e. The largest absolute Gasteiger partial charge is 0.343 e. The summed E-state index contributed by atoms with van der Waals surface area (Å²) in [7, 11) is -3.51. The molecule has 27 heavy (non-hydrogen) atoms. The van der Waals surface area contributed by atoms with Crippen LogP contribution < -0.4 is 5.32 Å². The van der Waals surface area contributed by atoms with Crippen molar-refractivity contribution in [2.24, 2.45) is 0 Å². The molecule has 0 aromatic heterocycles. The number of amides is 1. The topological polar surface area (TPSA) is 64.6 Å². The maximum atomic E-state index is 14.0. The summed E-state index contributed by atoms with van der Waals surface area (Å²) >= 11 is 0. The summed E-state index contributed by atoms with van der Waals surface area (Å²) in [6.45, 7) is 8.88. The lowest BCUT2D eigenvalue weighted by Gasteiger charge is -2.29. The molecule has 1 unspecified atom stereocenters. The van der Waals surface area contributed by atoms with E-state index in [1.807, 2.05) is 70.2 Å². The average molecular weight is 387 g/mol. The van der Waals surface area contributed by atoms with Gasteiger partial charge in [-0.25, -0.2) is 0 Å². The molecular weight excluding hydrogens is 361 g/mol. The van der Waals surface area contributed by atoms with Crippen LogP contribution in [0.2, 0.25) is 0 Å². The van der Waals surface area contributed by atoms with Crippen LogP contribution in [-0.4, -0.2) is 18.1 Å². The van der Waals surface area contributed by atoms with Crippen molar-refractivity contribution in [1.29, 1.82) is 0 Å². The number of fused-ring (bicyclic) bond motifs is 3. The van der Waals surface area contributed by atoms with Gasteiger partial charge in [0.25, 0.3) is 0 Å². The predicted octanol–water partition coefficient (Wildman–Crippen LogP) is 5.76. The van der Waals surface area contributed by atoms with E-state index in [4.69, 9.17) is 9.05 Å². The molecule has 2 aromatic carbocycles. The van der Waals surface area contributed by atoms with Gasteiger partial charge in [0.05, 0.1) is 12.2 Å². The lowest BCUT2D eigenvalue weighted by molar-refractivity contribution is -0.114. The minimum absolute atomic E-state index is 0.151. The van der Waals surface area contributed by atoms with Crippen molar-refractivity contribution >= 4 is 19.2 Å². The fourth-order valence-corrected chi connectivity index (χ4v) is 6.13. The number of hydrogen-bond acceptors (Lipinski definition) is 4. The Labute approximate surface area is 160 Å². The summed E-state index contributed by atoms with van der Waals surface area (Å²) in [6.07, 6.45) is -0.492. The van der Waals surface area contributed by atoms with Crippen LogP contribution in [0.15, 0.2) is 42.5 Å². The van der Waals surface area contributed by atoms with Gasteiger partial charge in [-0.15, -0.1) is 0 Å². The van der Waals surface area contributed by atoms with Crippen LogP contribution in [-0.2, 0) is 18.4 Å². The second kappa shape index (κ2) is 7.59. The number of carbonyl (C=O) groups excluding carboxylic acids is 1. The first-order valence-electron chi connectivity index (χ1n) is 9.18. The zero-order valence-corrected chi connectivity index (χ0v) is 17.2. The molecule has 1 aliphatic rings. The quantitative estimate of drug-likeness (QED) is 0.640. The molecule has 2 aromatic rings. The van der Waals surface area contributed by atoms with Crippen molar-refractivity contribution in [1.82, 2.24) is 0 Å². The van der Waals surface area contributed by atoms with Gasteiger partial charge in [0, 0.05) is 12.6 Å². The molecule has 0 heterocycles. The summed E-state index contributed by atoms with van der Waals surface area (Å²) in [6, 6.07) is 13.6. The van der Waals surface area contributed by atoms with Gasteiger partial charge in [-0.1, -0.05) is 30.3 Å². The van der Waals surface area contributed by atoms with Gasteiger partial charge in [0.1, 0.15) is 5.66 Å². The first-order valence-corrected chi connectivity index (χ1v) is 10.8. The van der Waals surface area contributed by atoms with Crippen LogP contribution in [0.25, 0.3) is 11.1 Å². The number of hydrogen-bond donors (Lipinski definition) is 1. The van der Waals surface area contributed by atoms with Crippen molar-refractivity contribution in [2.45, 2.75) is 52.5 Å². The predicted molar refractivity (Wildman–Crippen MR) is 108 cm³/mol. The number of carbonyl (C=O) groups is 1. The van der Waals surface area contributed by atoms with Crippen LogP contribution in [0.1, 0.15) is 51.4 Å². The normalized spacial score (nSPS) is 15.7. The van der Waals surface area contributed by atoms with E-state index in [9.17, 15) is 9.36 Å². The second-order valence-electron chi connectivity index (χ2n) is 7.32. The highest BCUT2D eigenvalue weighted by atomic mass is 31.2. The van der Waals surface area contributed by atoms with E-state index < -0.39 is 13.3 Å². The standard InChI is InChI=1S/C21H26NO4P/c1-13(2)25-27(24,26-14(3)4)21-19-9-7-6-8-17(19)18-11-10-16(12-20(18)21)22-15(5)23/h6-14,21H,1-5H3,(H,22,23). The molecule has 1 amide bonds. The molecule has 6 heteroatoms. The van der Waals surface area contributed by atoms with Crippen molar-refractivity contribution in [3.63, 3.8) is 0 Å². The highest BCUT2D eigenvalue weighted by Gasteiger charge is 2.45. The summed E-state index contributed by atoms with van der Waals surface area (Å²) in [5.74, 6) is -0.151. The van der Waals surface area contributed by atoms with E-state index >= 15 is 0 Å². The van der Waals surface area contributed by atoms with Gasteiger partial charge in [0.15, 0.2) is 0 Å². The van der Waals surface area contributed by atoms with E-state index in [2.05, 4.69) is 5.32 Å². The van der Waals surface area contributed by atoms with E-state index in [1.165, 1.54) is 6.92 Å². The lowest BCUT2D eigenvalue weighted by Crippen LogP contribution is -2.13. The summed E-state index contributed by atoms with van der Waals surface area (Å²) < 4.78 is 25.8. The average Bonchev–Trinajstić information content (AvgIpc) is 2.86. The molecule has 0 saturated heterocycles. The molecule has 1 aliphatic carbocycles. The Kier molecular flexibility index (Phi) is 5.57. The van der Waals surface area contributed by atoms with E-state index in [-0.39, 0.29) is 18.1 Å². The zero-order chi connectivity index (χ0) is 19.8. The minimum Gasteiger partial charge on any atom is -0.326 e. The number of nitrogens with one attached hydrogen (secondary N) is 1. The van der Waals surface area contributed by atoms with E-state index in [1.54, 1.807) is 0 Å². The lowest BCUT2D eigenvalue weighted by atomic mass is 10.1. The Hall–Kier alpha value is -1.94. The molecule has 0 bridgehead atoms. The van der Waals surface area contributed by atoms with Crippen molar-refractivity contribution < 1.29 is 18.4 Å². The molecule has 0 radical (unpaired) electrons. The molecule has 144 valence electrons. The molecule has 0 fully saturated rings. The van der Waals surface area contributed by atoms with Crippen LogP contribution >= 0.6 is 7.60 Å². The van der Waals surface area contributed by atoms with E-state index in [0.29, 0.717) is 5.69 Å². The van der Waals surface area contributed by atoms with Crippen molar-refractivity contribution in [3.05, 3.63) is 53.6 Å². The Morgan fingerprint density at radius 3 is 2.15 bits per heavy atom. The SMILES string of the molecule is CC(=O)Nc1ccc2c(c1)C(P(=O)(OC(C)C)OC(C)C)c1ccccc1-2. The number of benzene rings is 2. The Balaban J connectivity index is 2.19. The fraction of sp³-hybridized carbons (Fsp3) is 0.381. The van der Waals surface area contributed by atoms with Crippen LogP contribution in [0, 0.1) is 0 Å². The van der Waals surface area contributed by atoms with Gasteiger partial charge in [-0.05, 0) is 62.1 Å². The first-order chi connectivity index (χ1) is 12.7. The molecule has 1 atom stereocenters. The summed E-state index contributed by atoms with van der Waals surface area (Å²) in [4.78, 5) is 11.5. The molecule has 0 spiro atoms. The Bertz CT molecular complexity index is 893. The molecule has 5 nitrogen and oxygen atoms in total. The monoisotopic (exact) mass is 387 g/mol. The third-order valence-corrected chi connectivity index (χ3v) is 6.86. The fourth-order valence-electron chi connectivity index (χ4n) is 3.54. The van der Waals surface area contributed by atoms with Crippen LogP contribution in [0.4, 0.5) is 5.69 Å². The van der Waals surface area contributed by atoms with Crippen LogP contribution in [0.5, 0.6) is 0 Å². The second-order valence-corrected chi connectivity index (χ2v) is 9.34. The summed E-state index contributed by atoms with van der Waals surface area (Å²) in [5.41, 5.74) is 3.93.